The third-order valence-electron chi connectivity index (χ3n) is 3.82. The number of amides is 2. The Morgan fingerprint density at radius 1 is 1.15 bits per heavy atom. The van der Waals surface area contributed by atoms with Crippen molar-refractivity contribution in [3.05, 3.63) is 52.5 Å². The van der Waals surface area contributed by atoms with Crippen molar-refractivity contribution in [3.63, 3.8) is 0 Å². The molecular formula is C19H19ClN2O4. The number of hydrogen-bond donors (Lipinski definition) is 1. The van der Waals surface area contributed by atoms with E-state index in [0.717, 1.165) is 5.56 Å². The second kappa shape index (κ2) is 7.66. The Morgan fingerprint density at radius 3 is 2.69 bits per heavy atom. The summed E-state index contributed by atoms with van der Waals surface area (Å²) in [5.74, 6) is 0.717. The van der Waals surface area contributed by atoms with Crippen molar-refractivity contribution in [1.29, 1.82) is 0 Å². The van der Waals surface area contributed by atoms with Crippen molar-refractivity contribution < 1.29 is 19.1 Å². The van der Waals surface area contributed by atoms with Crippen LogP contribution in [0, 0.1) is 0 Å². The van der Waals surface area contributed by atoms with E-state index in [-0.39, 0.29) is 18.2 Å². The zero-order valence-corrected chi connectivity index (χ0v) is 15.3. The smallest absolute Gasteiger partial charge is 0.253 e. The average Bonchev–Trinajstić information content (AvgIpc) is 2.61. The Hall–Kier alpha value is -2.73. The zero-order chi connectivity index (χ0) is 18.7. The van der Waals surface area contributed by atoms with Crippen molar-refractivity contribution in [3.8, 4) is 11.5 Å². The summed E-state index contributed by atoms with van der Waals surface area (Å²) in [6, 6.07) is 10.3. The Kier molecular flexibility index (Phi) is 5.32. The topological polar surface area (TPSA) is 67.9 Å². The number of nitrogens with one attached hydrogen (secondary N) is 1. The van der Waals surface area contributed by atoms with Crippen LogP contribution < -0.4 is 14.8 Å². The Balaban J connectivity index is 1.71. The van der Waals surface area contributed by atoms with E-state index in [9.17, 15) is 9.59 Å². The van der Waals surface area contributed by atoms with E-state index >= 15 is 0 Å². The molecule has 0 aliphatic carbocycles. The summed E-state index contributed by atoms with van der Waals surface area (Å²) in [5.41, 5.74) is 1.79. The van der Waals surface area contributed by atoms with Crippen molar-refractivity contribution >= 4 is 29.1 Å². The van der Waals surface area contributed by atoms with Gasteiger partial charge in [-0.1, -0.05) is 17.7 Å². The number of carbonyl (C=O) groups is 2. The van der Waals surface area contributed by atoms with Crippen molar-refractivity contribution in [2.75, 3.05) is 32.6 Å². The molecule has 0 spiro atoms. The minimum Gasteiger partial charge on any atom is -0.486 e. The number of fused-ring (bicyclic) bond motifs is 1. The maximum Gasteiger partial charge on any atom is 0.253 e. The van der Waals surface area contributed by atoms with Gasteiger partial charge in [0, 0.05) is 25.3 Å². The van der Waals surface area contributed by atoms with Crippen LogP contribution in [0.3, 0.4) is 0 Å². The molecule has 0 atom stereocenters. The van der Waals surface area contributed by atoms with Crippen LogP contribution in [0.5, 0.6) is 11.5 Å². The minimum absolute atomic E-state index is 0.125. The Morgan fingerprint density at radius 2 is 1.92 bits per heavy atom. The van der Waals surface area contributed by atoms with E-state index in [0.29, 0.717) is 41.0 Å². The number of nitrogens with zero attached hydrogens (tertiary/aromatic N) is 1. The molecule has 7 heteroatoms. The molecule has 0 saturated carbocycles. The van der Waals surface area contributed by atoms with E-state index in [2.05, 4.69) is 5.32 Å². The van der Waals surface area contributed by atoms with Crippen LogP contribution in [0.15, 0.2) is 36.4 Å². The summed E-state index contributed by atoms with van der Waals surface area (Å²) < 4.78 is 11.0. The Bertz CT molecular complexity index is 851. The van der Waals surface area contributed by atoms with Gasteiger partial charge in [0.05, 0.1) is 11.4 Å². The van der Waals surface area contributed by atoms with Gasteiger partial charge in [-0.25, -0.2) is 0 Å². The van der Waals surface area contributed by atoms with Crippen LogP contribution in [-0.4, -0.2) is 44.0 Å². The molecule has 1 aliphatic rings. The molecular weight excluding hydrogens is 356 g/mol. The summed E-state index contributed by atoms with van der Waals surface area (Å²) in [5, 5.41) is 3.22. The van der Waals surface area contributed by atoms with Gasteiger partial charge >= 0.3 is 0 Å². The molecule has 0 radical (unpaired) electrons. The molecule has 0 saturated heterocycles. The molecule has 136 valence electrons. The van der Waals surface area contributed by atoms with Crippen molar-refractivity contribution in [2.45, 2.75) is 6.42 Å². The molecule has 0 aromatic heterocycles. The highest BCUT2D eigenvalue weighted by molar-refractivity contribution is 6.32. The highest BCUT2D eigenvalue weighted by atomic mass is 35.5. The van der Waals surface area contributed by atoms with Crippen LogP contribution in [0.4, 0.5) is 5.69 Å². The van der Waals surface area contributed by atoms with Gasteiger partial charge in [-0.15, -0.1) is 0 Å². The number of ether oxygens (including phenoxy) is 2. The first-order chi connectivity index (χ1) is 12.4. The molecule has 3 rings (SSSR count). The predicted octanol–water partition coefficient (Wildman–Crippen LogP) is 2.99. The summed E-state index contributed by atoms with van der Waals surface area (Å²) >= 11 is 6.20. The van der Waals surface area contributed by atoms with Gasteiger partial charge in [-0.05, 0) is 35.9 Å². The lowest BCUT2D eigenvalue weighted by Gasteiger charge is -2.20. The van der Waals surface area contributed by atoms with E-state index in [1.165, 1.54) is 4.90 Å². The lowest BCUT2D eigenvalue weighted by molar-refractivity contribution is -0.115. The van der Waals surface area contributed by atoms with E-state index in [1.54, 1.807) is 50.5 Å². The zero-order valence-electron chi connectivity index (χ0n) is 14.5. The number of rotatable bonds is 4. The van der Waals surface area contributed by atoms with Crippen LogP contribution >= 0.6 is 11.6 Å². The molecule has 2 aromatic carbocycles. The van der Waals surface area contributed by atoms with Crippen LogP contribution in [-0.2, 0) is 11.2 Å². The van der Waals surface area contributed by atoms with Crippen LogP contribution in [0.25, 0.3) is 0 Å². The largest absolute Gasteiger partial charge is 0.486 e. The SMILES string of the molecule is CN(C)C(=O)c1cccc(NC(=O)Cc2cc(Cl)c3c(c2)OCCO3)c1. The first-order valence-electron chi connectivity index (χ1n) is 8.13. The highest BCUT2D eigenvalue weighted by Gasteiger charge is 2.18. The molecule has 2 aromatic rings. The number of anilines is 1. The highest BCUT2D eigenvalue weighted by Crippen LogP contribution is 2.38. The van der Waals surface area contributed by atoms with Crippen molar-refractivity contribution in [2.24, 2.45) is 0 Å². The summed E-state index contributed by atoms with van der Waals surface area (Å²) in [6.45, 7) is 0.903. The van der Waals surface area contributed by atoms with Gasteiger partial charge in [0.15, 0.2) is 11.5 Å². The number of halogens is 1. The van der Waals surface area contributed by atoms with E-state index in [1.807, 2.05) is 0 Å². The van der Waals surface area contributed by atoms with Crippen LogP contribution in [0.1, 0.15) is 15.9 Å². The summed E-state index contributed by atoms with van der Waals surface area (Å²) in [7, 11) is 3.36. The molecule has 1 heterocycles. The number of hydrogen-bond acceptors (Lipinski definition) is 4. The molecule has 0 fully saturated rings. The lowest BCUT2D eigenvalue weighted by atomic mass is 10.1. The fraction of sp³-hybridized carbons (Fsp3) is 0.263. The molecule has 2 amide bonds. The van der Waals surface area contributed by atoms with Gasteiger partial charge in [0.25, 0.3) is 5.91 Å². The second-order valence-electron chi connectivity index (χ2n) is 6.11. The number of carbonyl (C=O) groups excluding carboxylic acids is 2. The molecule has 0 unspecified atom stereocenters. The Labute approximate surface area is 156 Å². The van der Waals surface area contributed by atoms with E-state index in [4.69, 9.17) is 21.1 Å². The molecule has 1 aliphatic heterocycles. The summed E-state index contributed by atoms with van der Waals surface area (Å²) in [4.78, 5) is 25.9. The van der Waals surface area contributed by atoms with Gasteiger partial charge in [0.1, 0.15) is 13.2 Å². The maximum atomic E-state index is 12.4. The first-order valence-corrected chi connectivity index (χ1v) is 8.51. The van der Waals surface area contributed by atoms with Crippen molar-refractivity contribution in [1.82, 2.24) is 4.90 Å². The minimum atomic E-state index is -0.216. The maximum absolute atomic E-state index is 12.4. The second-order valence-corrected chi connectivity index (χ2v) is 6.51. The normalized spacial score (nSPS) is 12.4. The lowest BCUT2D eigenvalue weighted by Crippen LogP contribution is -2.22. The predicted molar refractivity (Wildman–Crippen MR) is 99.2 cm³/mol. The summed E-state index contributed by atoms with van der Waals surface area (Å²) in [6.07, 6.45) is 0.127. The monoisotopic (exact) mass is 374 g/mol. The van der Waals surface area contributed by atoms with Gasteiger partial charge in [-0.3, -0.25) is 9.59 Å². The van der Waals surface area contributed by atoms with Crippen LogP contribution in [0.2, 0.25) is 5.02 Å². The molecule has 1 N–H and O–H groups in total. The fourth-order valence-corrected chi connectivity index (χ4v) is 2.93. The van der Waals surface area contributed by atoms with Gasteiger partial charge in [0.2, 0.25) is 5.91 Å². The van der Waals surface area contributed by atoms with Gasteiger partial charge < -0.3 is 19.7 Å². The third kappa shape index (κ3) is 4.08. The standard InChI is InChI=1S/C19H19ClN2O4/c1-22(2)19(24)13-4-3-5-14(11-13)21-17(23)10-12-8-15(20)18-16(9-12)25-6-7-26-18/h3-5,8-9,11H,6-7,10H2,1-2H3,(H,21,23). The average molecular weight is 375 g/mol. The number of benzene rings is 2. The first kappa shape index (κ1) is 18.1. The fourth-order valence-electron chi connectivity index (χ4n) is 2.65. The third-order valence-corrected chi connectivity index (χ3v) is 4.10. The molecule has 0 bridgehead atoms. The quantitative estimate of drug-likeness (QED) is 0.893. The molecule has 26 heavy (non-hydrogen) atoms. The van der Waals surface area contributed by atoms with Gasteiger partial charge in [-0.2, -0.15) is 0 Å². The molecule has 6 nitrogen and oxygen atoms in total. The van der Waals surface area contributed by atoms with E-state index < -0.39 is 0 Å².